The summed E-state index contributed by atoms with van der Waals surface area (Å²) in [6, 6.07) is 10.3. The molecule has 1 aromatic carbocycles. The third-order valence-corrected chi connectivity index (χ3v) is 2.65. The first kappa shape index (κ1) is 11.6. The Morgan fingerprint density at radius 2 is 1.94 bits per heavy atom. The van der Waals surface area contributed by atoms with Crippen LogP contribution in [0.2, 0.25) is 0 Å². The number of ether oxygens (including phenoxy) is 1. The van der Waals surface area contributed by atoms with Gasteiger partial charge in [0.2, 0.25) is 5.88 Å². The van der Waals surface area contributed by atoms with E-state index in [-0.39, 0.29) is 0 Å². The van der Waals surface area contributed by atoms with E-state index in [1.54, 1.807) is 6.20 Å². The molecule has 0 unspecified atom stereocenters. The highest BCUT2D eigenvalue weighted by Gasteiger charge is 2.16. The summed E-state index contributed by atoms with van der Waals surface area (Å²) in [5, 5.41) is 0. The number of benzene rings is 1. The summed E-state index contributed by atoms with van der Waals surface area (Å²) in [6.45, 7) is 6.10. The van der Waals surface area contributed by atoms with Gasteiger partial charge in [-0.25, -0.2) is 4.98 Å². The maximum Gasteiger partial charge on any atom is 0.222 e. The first-order chi connectivity index (χ1) is 8.33. The third-order valence-electron chi connectivity index (χ3n) is 2.65. The van der Waals surface area contributed by atoms with Crippen LogP contribution in [-0.4, -0.2) is 4.98 Å². The maximum atomic E-state index is 5.72. The molecule has 2 heteroatoms. The standard InChI is InChI=1S/C13H11NO.C2H6/c1-9-4-5-12-11(7-9)8-10-3-2-6-14-13(10)15-12;1-2/h2-7H,8H2,1H3;1-2H3. The van der Waals surface area contributed by atoms with E-state index in [1.165, 1.54) is 11.1 Å². The molecule has 1 aliphatic heterocycles. The molecule has 17 heavy (non-hydrogen) atoms. The summed E-state index contributed by atoms with van der Waals surface area (Å²) in [5.41, 5.74) is 3.68. The fraction of sp³-hybridized carbons (Fsp3) is 0.267. The molecule has 0 N–H and O–H groups in total. The quantitative estimate of drug-likeness (QED) is 0.576. The molecule has 2 heterocycles. The molecule has 0 aliphatic carbocycles. The molecule has 0 atom stereocenters. The maximum absolute atomic E-state index is 5.72. The minimum absolute atomic E-state index is 0.744. The van der Waals surface area contributed by atoms with Crippen LogP contribution < -0.4 is 4.74 Å². The second kappa shape index (κ2) is 5.00. The lowest BCUT2D eigenvalue weighted by molar-refractivity contribution is 0.440. The van der Waals surface area contributed by atoms with E-state index >= 15 is 0 Å². The van der Waals surface area contributed by atoms with Gasteiger partial charge in [-0.1, -0.05) is 37.6 Å². The molecular weight excluding hydrogens is 210 g/mol. The molecular formula is C15H17NO. The van der Waals surface area contributed by atoms with E-state index in [0.717, 1.165) is 23.6 Å². The Morgan fingerprint density at radius 3 is 2.76 bits per heavy atom. The summed E-state index contributed by atoms with van der Waals surface area (Å²) < 4.78 is 5.72. The van der Waals surface area contributed by atoms with Crippen molar-refractivity contribution in [2.24, 2.45) is 0 Å². The fourth-order valence-electron chi connectivity index (χ4n) is 1.91. The molecule has 1 aromatic heterocycles. The van der Waals surface area contributed by atoms with Crippen LogP contribution in [0.5, 0.6) is 11.6 Å². The molecule has 2 aromatic rings. The number of hydrogen-bond donors (Lipinski definition) is 0. The molecule has 2 nitrogen and oxygen atoms in total. The molecule has 0 spiro atoms. The lowest BCUT2D eigenvalue weighted by Gasteiger charge is -2.18. The largest absolute Gasteiger partial charge is 0.438 e. The topological polar surface area (TPSA) is 22.1 Å². The number of rotatable bonds is 0. The van der Waals surface area contributed by atoms with Gasteiger partial charge in [0.05, 0.1) is 0 Å². The second-order valence-electron chi connectivity index (χ2n) is 3.86. The van der Waals surface area contributed by atoms with Gasteiger partial charge < -0.3 is 4.74 Å². The molecule has 0 fully saturated rings. The number of nitrogens with zero attached hydrogens (tertiary/aromatic N) is 1. The molecule has 0 radical (unpaired) electrons. The Balaban J connectivity index is 0.000000514. The Morgan fingerprint density at radius 1 is 1.12 bits per heavy atom. The van der Waals surface area contributed by atoms with Crippen LogP contribution in [0.15, 0.2) is 36.5 Å². The number of aryl methyl sites for hydroxylation is 1. The van der Waals surface area contributed by atoms with Gasteiger partial charge in [-0.3, -0.25) is 0 Å². The van der Waals surface area contributed by atoms with Crippen molar-refractivity contribution in [1.82, 2.24) is 4.98 Å². The van der Waals surface area contributed by atoms with Gasteiger partial charge in [-0.2, -0.15) is 0 Å². The Labute approximate surface area is 102 Å². The molecule has 1 aliphatic rings. The van der Waals surface area contributed by atoms with Gasteiger partial charge in [-0.05, 0) is 24.6 Å². The van der Waals surface area contributed by atoms with Crippen molar-refractivity contribution in [2.45, 2.75) is 27.2 Å². The van der Waals surface area contributed by atoms with Crippen LogP contribution in [-0.2, 0) is 6.42 Å². The highest BCUT2D eigenvalue weighted by Crippen LogP contribution is 2.34. The molecule has 3 rings (SSSR count). The van der Waals surface area contributed by atoms with Crippen molar-refractivity contribution in [1.29, 1.82) is 0 Å². The zero-order valence-electron chi connectivity index (χ0n) is 10.5. The van der Waals surface area contributed by atoms with Crippen LogP contribution in [0.1, 0.15) is 30.5 Å². The predicted molar refractivity (Wildman–Crippen MR) is 69.6 cm³/mol. The number of fused-ring (bicyclic) bond motifs is 2. The van der Waals surface area contributed by atoms with Crippen molar-refractivity contribution in [3.8, 4) is 11.6 Å². The van der Waals surface area contributed by atoms with E-state index < -0.39 is 0 Å². The average molecular weight is 227 g/mol. The summed E-state index contributed by atoms with van der Waals surface area (Å²) >= 11 is 0. The van der Waals surface area contributed by atoms with Crippen LogP contribution in [0.25, 0.3) is 0 Å². The summed E-state index contributed by atoms with van der Waals surface area (Å²) in [4.78, 5) is 4.22. The highest BCUT2D eigenvalue weighted by atomic mass is 16.5. The Hall–Kier alpha value is -1.83. The summed E-state index contributed by atoms with van der Waals surface area (Å²) in [7, 11) is 0. The molecule has 0 amide bonds. The lowest BCUT2D eigenvalue weighted by atomic mass is 10.0. The Bertz CT molecular complexity index is 520. The van der Waals surface area contributed by atoms with Crippen molar-refractivity contribution >= 4 is 0 Å². The predicted octanol–water partition coefficient (Wildman–Crippen LogP) is 4.11. The zero-order chi connectivity index (χ0) is 12.3. The van der Waals surface area contributed by atoms with Crippen LogP contribution in [0.4, 0.5) is 0 Å². The van der Waals surface area contributed by atoms with E-state index in [0.29, 0.717) is 0 Å². The van der Waals surface area contributed by atoms with Gasteiger partial charge in [0.15, 0.2) is 0 Å². The van der Waals surface area contributed by atoms with Crippen LogP contribution >= 0.6 is 0 Å². The minimum Gasteiger partial charge on any atom is -0.438 e. The van der Waals surface area contributed by atoms with Crippen molar-refractivity contribution in [2.75, 3.05) is 0 Å². The summed E-state index contributed by atoms with van der Waals surface area (Å²) in [5.74, 6) is 1.68. The van der Waals surface area contributed by atoms with Gasteiger partial charge in [-0.15, -0.1) is 0 Å². The third kappa shape index (κ3) is 2.31. The van der Waals surface area contributed by atoms with Gasteiger partial charge >= 0.3 is 0 Å². The van der Waals surface area contributed by atoms with Crippen molar-refractivity contribution in [3.63, 3.8) is 0 Å². The normalized spacial score (nSPS) is 11.5. The van der Waals surface area contributed by atoms with E-state index in [4.69, 9.17) is 4.74 Å². The molecule has 0 bridgehead atoms. The number of pyridine rings is 1. The van der Waals surface area contributed by atoms with Gasteiger partial charge in [0, 0.05) is 18.2 Å². The van der Waals surface area contributed by atoms with E-state index in [1.807, 2.05) is 26.0 Å². The van der Waals surface area contributed by atoms with Crippen molar-refractivity contribution < 1.29 is 4.74 Å². The molecule has 0 saturated heterocycles. The van der Waals surface area contributed by atoms with Gasteiger partial charge in [0.1, 0.15) is 5.75 Å². The Kier molecular flexibility index (Phi) is 3.43. The monoisotopic (exact) mass is 227 g/mol. The van der Waals surface area contributed by atoms with E-state index in [9.17, 15) is 0 Å². The lowest BCUT2D eigenvalue weighted by Crippen LogP contribution is -2.04. The molecule has 0 saturated carbocycles. The van der Waals surface area contributed by atoms with Crippen molar-refractivity contribution in [3.05, 3.63) is 53.2 Å². The summed E-state index contributed by atoms with van der Waals surface area (Å²) in [6.07, 6.45) is 2.68. The average Bonchev–Trinajstić information content (AvgIpc) is 2.38. The first-order valence-corrected chi connectivity index (χ1v) is 6.04. The molecule has 88 valence electrons. The fourth-order valence-corrected chi connectivity index (χ4v) is 1.91. The van der Waals surface area contributed by atoms with E-state index in [2.05, 4.69) is 30.1 Å². The first-order valence-electron chi connectivity index (χ1n) is 6.04. The number of hydrogen-bond acceptors (Lipinski definition) is 2. The minimum atomic E-state index is 0.744. The van der Waals surface area contributed by atoms with Crippen LogP contribution in [0.3, 0.4) is 0 Å². The van der Waals surface area contributed by atoms with Crippen LogP contribution in [0, 0.1) is 6.92 Å². The zero-order valence-corrected chi connectivity index (χ0v) is 10.5. The smallest absolute Gasteiger partial charge is 0.222 e. The van der Waals surface area contributed by atoms with Gasteiger partial charge in [0.25, 0.3) is 0 Å². The number of aromatic nitrogens is 1. The highest BCUT2D eigenvalue weighted by molar-refractivity contribution is 5.47. The second-order valence-corrected chi connectivity index (χ2v) is 3.86. The SMILES string of the molecule is CC.Cc1ccc2c(c1)Cc1cccnc1O2.